The number of aliphatic hydroxyl groups is 1. The summed E-state index contributed by atoms with van der Waals surface area (Å²) in [5.41, 5.74) is 1.26. The van der Waals surface area contributed by atoms with Crippen LogP contribution in [0.3, 0.4) is 0 Å². The summed E-state index contributed by atoms with van der Waals surface area (Å²) < 4.78 is 6.66. The summed E-state index contributed by atoms with van der Waals surface area (Å²) in [5.74, 6) is 1.10. The van der Waals surface area contributed by atoms with Crippen LogP contribution in [0, 0.1) is 11.3 Å². The maximum Gasteiger partial charge on any atom is 0.126 e. The minimum Gasteiger partial charge on any atom is -0.496 e. The SMILES string of the molecule is COc1cc(Br)cc2c1C(O)(C1CCN(C)CC1)C(C)(C)C2. The first-order valence-corrected chi connectivity index (χ1v) is 8.86. The number of likely N-dealkylation sites (tertiary alicyclic amines) is 1. The van der Waals surface area contributed by atoms with Gasteiger partial charge in [-0.05, 0) is 63.0 Å². The average Bonchev–Trinajstić information content (AvgIpc) is 2.66. The summed E-state index contributed by atoms with van der Waals surface area (Å²) in [4.78, 5) is 2.35. The zero-order chi connectivity index (χ0) is 16.1. The van der Waals surface area contributed by atoms with E-state index in [0.29, 0.717) is 0 Å². The third-order valence-corrected chi connectivity index (χ3v) is 6.18. The van der Waals surface area contributed by atoms with Crippen molar-refractivity contribution in [3.63, 3.8) is 0 Å². The fourth-order valence-electron chi connectivity index (χ4n) is 4.50. The molecule has 0 bridgehead atoms. The lowest BCUT2D eigenvalue weighted by Crippen LogP contribution is -2.49. The van der Waals surface area contributed by atoms with Gasteiger partial charge in [0.2, 0.25) is 0 Å². The molecule has 0 aromatic heterocycles. The molecule has 3 nitrogen and oxygen atoms in total. The van der Waals surface area contributed by atoms with Crippen LogP contribution in [0.5, 0.6) is 5.75 Å². The number of methoxy groups -OCH3 is 1. The molecule has 1 unspecified atom stereocenters. The Hall–Kier alpha value is -0.580. The van der Waals surface area contributed by atoms with Gasteiger partial charge in [0, 0.05) is 15.5 Å². The maximum absolute atomic E-state index is 11.9. The van der Waals surface area contributed by atoms with Crippen LogP contribution in [-0.4, -0.2) is 37.3 Å². The van der Waals surface area contributed by atoms with E-state index in [0.717, 1.165) is 48.1 Å². The molecule has 1 aromatic rings. The number of fused-ring (bicyclic) bond motifs is 1. The van der Waals surface area contributed by atoms with Crippen LogP contribution in [0.4, 0.5) is 0 Å². The second-order valence-corrected chi connectivity index (χ2v) is 8.46. The van der Waals surface area contributed by atoms with Crippen LogP contribution >= 0.6 is 15.9 Å². The number of hydrogen-bond donors (Lipinski definition) is 1. The summed E-state index contributed by atoms with van der Waals surface area (Å²) >= 11 is 3.57. The predicted molar refractivity (Wildman–Crippen MR) is 92.3 cm³/mol. The van der Waals surface area contributed by atoms with E-state index < -0.39 is 5.60 Å². The van der Waals surface area contributed by atoms with Crippen molar-refractivity contribution in [1.29, 1.82) is 0 Å². The molecule has 122 valence electrons. The van der Waals surface area contributed by atoms with Crippen molar-refractivity contribution in [3.8, 4) is 5.75 Å². The smallest absolute Gasteiger partial charge is 0.126 e. The van der Waals surface area contributed by atoms with Gasteiger partial charge in [0.1, 0.15) is 11.4 Å². The fraction of sp³-hybridized carbons (Fsp3) is 0.667. The van der Waals surface area contributed by atoms with Gasteiger partial charge in [-0.1, -0.05) is 29.8 Å². The van der Waals surface area contributed by atoms with Crippen molar-refractivity contribution < 1.29 is 9.84 Å². The number of hydrogen-bond acceptors (Lipinski definition) is 3. The topological polar surface area (TPSA) is 32.7 Å². The third kappa shape index (κ3) is 2.31. The normalized spacial score (nSPS) is 28.6. The molecule has 0 radical (unpaired) electrons. The van der Waals surface area contributed by atoms with Crippen LogP contribution in [0.15, 0.2) is 16.6 Å². The number of nitrogens with zero attached hydrogens (tertiary/aromatic N) is 1. The Balaban J connectivity index is 2.11. The van der Waals surface area contributed by atoms with Crippen molar-refractivity contribution in [2.24, 2.45) is 11.3 Å². The van der Waals surface area contributed by atoms with Crippen LogP contribution in [0.2, 0.25) is 0 Å². The van der Waals surface area contributed by atoms with E-state index in [1.165, 1.54) is 5.56 Å². The Morgan fingerprint density at radius 2 is 1.91 bits per heavy atom. The Morgan fingerprint density at radius 1 is 1.27 bits per heavy atom. The highest BCUT2D eigenvalue weighted by Crippen LogP contribution is 2.59. The van der Waals surface area contributed by atoms with Gasteiger partial charge in [-0.15, -0.1) is 0 Å². The lowest BCUT2D eigenvalue weighted by Gasteiger charge is -2.46. The average molecular weight is 368 g/mol. The van der Waals surface area contributed by atoms with Gasteiger partial charge in [0.05, 0.1) is 7.11 Å². The molecule has 1 atom stereocenters. The van der Waals surface area contributed by atoms with Crippen LogP contribution in [0.25, 0.3) is 0 Å². The standard InChI is InChI=1S/C18H26BrNO2/c1-17(2)11-12-9-14(19)10-15(22-4)16(12)18(17,21)13-5-7-20(3)8-6-13/h9-10,13,21H,5-8,11H2,1-4H3. The maximum atomic E-state index is 11.9. The number of ether oxygens (including phenoxy) is 1. The molecule has 4 heteroatoms. The lowest BCUT2D eigenvalue weighted by atomic mass is 9.65. The summed E-state index contributed by atoms with van der Waals surface area (Å²) in [6.45, 7) is 6.49. The van der Waals surface area contributed by atoms with Crippen LogP contribution in [0.1, 0.15) is 37.8 Å². The van der Waals surface area contributed by atoms with Gasteiger partial charge in [0.25, 0.3) is 0 Å². The molecule has 1 aromatic carbocycles. The summed E-state index contributed by atoms with van der Waals surface area (Å²) in [5, 5.41) is 11.9. The van der Waals surface area contributed by atoms with E-state index in [1.54, 1.807) is 7.11 Å². The predicted octanol–water partition coefficient (Wildman–Crippen LogP) is 3.57. The molecule has 1 heterocycles. The molecule has 2 aliphatic rings. The number of piperidine rings is 1. The summed E-state index contributed by atoms with van der Waals surface area (Å²) in [6, 6.07) is 4.13. The van der Waals surface area contributed by atoms with Crippen molar-refractivity contribution in [2.75, 3.05) is 27.2 Å². The molecule has 1 fully saturated rings. The van der Waals surface area contributed by atoms with Crippen LogP contribution in [-0.2, 0) is 12.0 Å². The highest BCUT2D eigenvalue weighted by atomic mass is 79.9. The van der Waals surface area contributed by atoms with Gasteiger partial charge in [-0.25, -0.2) is 0 Å². The Labute approximate surface area is 141 Å². The van der Waals surface area contributed by atoms with Gasteiger partial charge in [-0.2, -0.15) is 0 Å². The van der Waals surface area contributed by atoms with E-state index in [9.17, 15) is 5.11 Å². The van der Waals surface area contributed by atoms with Crippen molar-refractivity contribution >= 4 is 15.9 Å². The molecule has 0 amide bonds. The van der Waals surface area contributed by atoms with Crippen molar-refractivity contribution in [2.45, 2.75) is 38.7 Å². The summed E-state index contributed by atoms with van der Waals surface area (Å²) in [6.07, 6.45) is 2.96. The first kappa shape index (κ1) is 16.3. The molecule has 3 rings (SSSR count). The fourth-order valence-corrected chi connectivity index (χ4v) is 4.99. The Kier molecular flexibility index (Phi) is 4.07. The number of halogens is 1. The number of rotatable bonds is 2. The van der Waals surface area contributed by atoms with E-state index in [2.05, 4.69) is 47.8 Å². The van der Waals surface area contributed by atoms with E-state index in [-0.39, 0.29) is 11.3 Å². The zero-order valence-corrected chi connectivity index (χ0v) is 15.5. The zero-order valence-electron chi connectivity index (χ0n) is 13.9. The van der Waals surface area contributed by atoms with Gasteiger partial charge < -0.3 is 14.7 Å². The van der Waals surface area contributed by atoms with Gasteiger partial charge >= 0.3 is 0 Å². The lowest BCUT2D eigenvalue weighted by molar-refractivity contribution is -0.122. The highest BCUT2D eigenvalue weighted by Gasteiger charge is 2.57. The van der Waals surface area contributed by atoms with E-state index in [4.69, 9.17) is 4.74 Å². The molecule has 1 aliphatic heterocycles. The molecule has 22 heavy (non-hydrogen) atoms. The van der Waals surface area contributed by atoms with Crippen LogP contribution < -0.4 is 4.74 Å². The highest BCUT2D eigenvalue weighted by molar-refractivity contribution is 9.10. The molecule has 0 spiro atoms. The largest absolute Gasteiger partial charge is 0.496 e. The minimum absolute atomic E-state index is 0.177. The monoisotopic (exact) mass is 367 g/mol. The Bertz CT molecular complexity index is 579. The second-order valence-electron chi connectivity index (χ2n) is 7.55. The third-order valence-electron chi connectivity index (χ3n) is 5.72. The first-order chi connectivity index (χ1) is 10.3. The van der Waals surface area contributed by atoms with Gasteiger partial charge in [-0.3, -0.25) is 0 Å². The van der Waals surface area contributed by atoms with Gasteiger partial charge in [0.15, 0.2) is 0 Å². The van der Waals surface area contributed by atoms with E-state index in [1.807, 2.05) is 6.07 Å². The van der Waals surface area contributed by atoms with E-state index >= 15 is 0 Å². The molecular weight excluding hydrogens is 342 g/mol. The minimum atomic E-state index is -0.810. The molecule has 1 aliphatic carbocycles. The second kappa shape index (κ2) is 5.50. The molecule has 1 saturated heterocycles. The first-order valence-electron chi connectivity index (χ1n) is 8.07. The summed E-state index contributed by atoms with van der Waals surface area (Å²) in [7, 11) is 3.86. The van der Waals surface area contributed by atoms with Crippen molar-refractivity contribution in [3.05, 3.63) is 27.7 Å². The molecule has 1 N–H and O–H groups in total. The molecular formula is C18H26BrNO2. The molecule has 0 saturated carbocycles. The van der Waals surface area contributed by atoms with Crippen molar-refractivity contribution in [1.82, 2.24) is 4.90 Å². The quantitative estimate of drug-likeness (QED) is 0.866. The number of benzene rings is 1. The Morgan fingerprint density at radius 3 is 2.50 bits per heavy atom.